The number of allylic oxidation sites excluding steroid dienone is 2. The van der Waals surface area contributed by atoms with Crippen LogP contribution in [0.15, 0.2) is 11.8 Å². The van der Waals surface area contributed by atoms with Crippen molar-refractivity contribution >= 4 is 5.91 Å². The van der Waals surface area contributed by atoms with E-state index in [1.165, 1.54) is 12.1 Å². The average Bonchev–Trinajstić information content (AvgIpc) is 3.01. The predicted octanol–water partition coefficient (Wildman–Crippen LogP) is 2.49. The number of hydrogen-bond acceptors (Lipinski definition) is 3. The number of carbonyl (C=O) groups is 1. The van der Waals surface area contributed by atoms with Gasteiger partial charge in [-0.3, -0.25) is 9.69 Å². The Bertz CT molecular complexity index is 372. The maximum absolute atomic E-state index is 12.5. The molecule has 0 radical (unpaired) electrons. The molecule has 4 nitrogen and oxygen atoms in total. The largest absolute Gasteiger partial charge is 0.328 e. The van der Waals surface area contributed by atoms with Crippen LogP contribution in [-0.2, 0) is 4.79 Å². The summed E-state index contributed by atoms with van der Waals surface area (Å²) in [6, 6.07) is 0.909. The van der Waals surface area contributed by atoms with Gasteiger partial charge in [0.05, 0.1) is 6.54 Å². The molecular weight excluding hydrogens is 262 g/mol. The van der Waals surface area contributed by atoms with Gasteiger partial charge in [-0.15, -0.1) is 0 Å². The van der Waals surface area contributed by atoms with Crippen LogP contribution in [0, 0.1) is 0 Å². The molecule has 21 heavy (non-hydrogen) atoms. The summed E-state index contributed by atoms with van der Waals surface area (Å²) < 4.78 is 0. The van der Waals surface area contributed by atoms with Crippen molar-refractivity contribution in [2.75, 3.05) is 20.1 Å². The zero-order chi connectivity index (χ0) is 15.2. The van der Waals surface area contributed by atoms with Gasteiger partial charge in [0.2, 0.25) is 5.91 Å². The Labute approximate surface area is 129 Å². The van der Waals surface area contributed by atoms with Crippen LogP contribution in [0.2, 0.25) is 0 Å². The monoisotopic (exact) mass is 293 g/mol. The zero-order valence-corrected chi connectivity index (χ0v) is 13.7. The lowest BCUT2D eigenvalue weighted by Crippen LogP contribution is -2.46. The Morgan fingerprint density at radius 3 is 2.62 bits per heavy atom. The van der Waals surface area contributed by atoms with Crippen molar-refractivity contribution in [2.24, 2.45) is 5.73 Å². The highest BCUT2D eigenvalue weighted by Gasteiger charge is 2.26. The number of carbonyl (C=O) groups excluding carboxylic acids is 1. The van der Waals surface area contributed by atoms with E-state index < -0.39 is 0 Å². The molecular formula is C17H31N3O. The smallest absolute Gasteiger partial charge is 0.240 e. The highest BCUT2D eigenvalue weighted by molar-refractivity contribution is 5.79. The van der Waals surface area contributed by atoms with Gasteiger partial charge in [0.15, 0.2) is 0 Å². The number of likely N-dealkylation sites (N-methyl/N-ethyl adjacent to an activating group) is 1. The van der Waals surface area contributed by atoms with Crippen LogP contribution in [0.25, 0.3) is 0 Å². The second kappa shape index (κ2) is 7.95. The number of hydrogen-bond donors (Lipinski definition) is 1. The molecule has 0 bridgehead atoms. The Balaban J connectivity index is 1.90. The molecule has 0 aromatic carbocycles. The van der Waals surface area contributed by atoms with Gasteiger partial charge in [0.1, 0.15) is 0 Å². The van der Waals surface area contributed by atoms with Crippen LogP contribution < -0.4 is 5.73 Å². The fourth-order valence-electron chi connectivity index (χ4n) is 3.54. The third-order valence-corrected chi connectivity index (χ3v) is 4.93. The van der Waals surface area contributed by atoms with Crippen LogP contribution in [0.5, 0.6) is 0 Å². The lowest BCUT2D eigenvalue weighted by Gasteiger charge is -2.36. The second-order valence-corrected chi connectivity index (χ2v) is 6.58. The molecule has 0 aromatic rings. The molecule has 0 aromatic heterocycles. The first-order valence-electron chi connectivity index (χ1n) is 8.57. The molecule has 0 atom stereocenters. The van der Waals surface area contributed by atoms with Crippen molar-refractivity contribution in [2.45, 2.75) is 70.4 Å². The van der Waals surface area contributed by atoms with Crippen LogP contribution >= 0.6 is 0 Å². The van der Waals surface area contributed by atoms with Crippen molar-refractivity contribution in [1.29, 1.82) is 0 Å². The molecule has 0 unspecified atom stereocenters. The van der Waals surface area contributed by atoms with Crippen LogP contribution in [0.1, 0.15) is 58.3 Å². The minimum Gasteiger partial charge on any atom is -0.328 e. The SMILES string of the molecule is CCCN(CC(=O)N(C)C1=CCCC1)C1CCC(N)CC1. The normalized spacial score (nSPS) is 26.0. The molecule has 0 spiro atoms. The summed E-state index contributed by atoms with van der Waals surface area (Å²) in [6.07, 6.45) is 11.1. The first-order valence-corrected chi connectivity index (χ1v) is 8.57. The van der Waals surface area contributed by atoms with E-state index in [0.29, 0.717) is 18.6 Å². The van der Waals surface area contributed by atoms with Gasteiger partial charge in [-0.2, -0.15) is 0 Å². The van der Waals surface area contributed by atoms with Crippen LogP contribution in [0.3, 0.4) is 0 Å². The molecule has 120 valence electrons. The Morgan fingerprint density at radius 2 is 2.05 bits per heavy atom. The van der Waals surface area contributed by atoms with E-state index in [1.807, 2.05) is 11.9 Å². The Hall–Kier alpha value is -0.870. The average molecular weight is 293 g/mol. The van der Waals surface area contributed by atoms with Gasteiger partial charge in [0.25, 0.3) is 0 Å². The zero-order valence-electron chi connectivity index (χ0n) is 13.7. The molecule has 2 aliphatic carbocycles. The van der Waals surface area contributed by atoms with Crippen LogP contribution in [-0.4, -0.2) is 47.9 Å². The van der Waals surface area contributed by atoms with Gasteiger partial charge in [-0.1, -0.05) is 13.0 Å². The molecule has 4 heteroatoms. The summed E-state index contributed by atoms with van der Waals surface area (Å²) in [5, 5.41) is 0. The summed E-state index contributed by atoms with van der Waals surface area (Å²) in [5.41, 5.74) is 7.21. The number of amides is 1. The van der Waals surface area contributed by atoms with E-state index in [2.05, 4.69) is 17.9 Å². The van der Waals surface area contributed by atoms with E-state index in [1.54, 1.807) is 0 Å². The predicted molar refractivity (Wildman–Crippen MR) is 86.8 cm³/mol. The number of nitrogens with zero attached hydrogens (tertiary/aromatic N) is 2. The van der Waals surface area contributed by atoms with E-state index in [9.17, 15) is 4.79 Å². The summed E-state index contributed by atoms with van der Waals surface area (Å²) in [7, 11) is 1.93. The third-order valence-electron chi connectivity index (χ3n) is 4.93. The van der Waals surface area contributed by atoms with Crippen LogP contribution in [0.4, 0.5) is 0 Å². The minimum absolute atomic E-state index is 0.242. The molecule has 0 heterocycles. The fourth-order valence-corrected chi connectivity index (χ4v) is 3.54. The standard InChI is InChI=1S/C17H31N3O/c1-3-12-20(16-10-8-14(18)9-11-16)13-17(21)19(2)15-6-4-5-7-15/h6,14,16H,3-5,7-13,18H2,1-2H3. The highest BCUT2D eigenvalue weighted by Crippen LogP contribution is 2.24. The molecule has 0 saturated heterocycles. The van der Waals surface area contributed by atoms with E-state index in [-0.39, 0.29) is 5.91 Å². The number of nitrogens with two attached hydrogens (primary N) is 1. The molecule has 2 rings (SSSR count). The van der Waals surface area contributed by atoms with Crippen molar-refractivity contribution < 1.29 is 4.79 Å². The molecule has 1 amide bonds. The Morgan fingerprint density at radius 1 is 1.33 bits per heavy atom. The van der Waals surface area contributed by atoms with Crippen molar-refractivity contribution in [3.05, 3.63) is 11.8 Å². The van der Waals surface area contributed by atoms with E-state index in [0.717, 1.165) is 51.5 Å². The Kier molecular flexibility index (Phi) is 6.24. The topological polar surface area (TPSA) is 49.6 Å². The number of rotatable bonds is 6. The van der Waals surface area contributed by atoms with Crippen molar-refractivity contribution in [3.63, 3.8) is 0 Å². The van der Waals surface area contributed by atoms with Crippen molar-refractivity contribution in [3.8, 4) is 0 Å². The first-order chi connectivity index (χ1) is 10.1. The summed E-state index contributed by atoms with van der Waals surface area (Å²) in [5.74, 6) is 0.242. The van der Waals surface area contributed by atoms with Crippen molar-refractivity contribution in [1.82, 2.24) is 9.80 Å². The summed E-state index contributed by atoms with van der Waals surface area (Å²) in [4.78, 5) is 16.8. The van der Waals surface area contributed by atoms with E-state index in [4.69, 9.17) is 5.73 Å². The third kappa shape index (κ3) is 4.55. The molecule has 0 aliphatic heterocycles. The lowest BCUT2D eigenvalue weighted by molar-refractivity contribution is -0.130. The molecule has 2 aliphatic rings. The maximum atomic E-state index is 12.5. The second-order valence-electron chi connectivity index (χ2n) is 6.58. The highest BCUT2D eigenvalue weighted by atomic mass is 16.2. The van der Waals surface area contributed by atoms with Gasteiger partial charge < -0.3 is 10.6 Å². The fraction of sp³-hybridized carbons (Fsp3) is 0.824. The quantitative estimate of drug-likeness (QED) is 0.818. The molecule has 1 saturated carbocycles. The molecule has 2 N–H and O–H groups in total. The summed E-state index contributed by atoms with van der Waals surface area (Å²) in [6.45, 7) is 3.76. The van der Waals surface area contributed by atoms with Gasteiger partial charge >= 0.3 is 0 Å². The maximum Gasteiger partial charge on any atom is 0.240 e. The van der Waals surface area contributed by atoms with E-state index >= 15 is 0 Å². The molecule has 1 fully saturated rings. The van der Waals surface area contributed by atoms with Gasteiger partial charge in [0, 0.05) is 24.8 Å². The van der Waals surface area contributed by atoms with Gasteiger partial charge in [-0.05, 0) is 57.9 Å². The minimum atomic E-state index is 0.242. The van der Waals surface area contributed by atoms with Gasteiger partial charge in [-0.25, -0.2) is 0 Å². The first kappa shape index (κ1) is 16.5. The summed E-state index contributed by atoms with van der Waals surface area (Å²) >= 11 is 0. The lowest BCUT2D eigenvalue weighted by atomic mass is 9.90.